The molecule has 0 aliphatic heterocycles. The first-order valence-corrected chi connectivity index (χ1v) is 8.89. The number of nitrogens with zero attached hydrogens (tertiary/aromatic N) is 3. The van der Waals surface area contributed by atoms with E-state index in [1.54, 1.807) is 7.05 Å². The summed E-state index contributed by atoms with van der Waals surface area (Å²) < 4.78 is 13.3. The van der Waals surface area contributed by atoms with E-state index >= 15 is 0 Å². The van der Waals surface area contributed by atoms with Crippen molar-refractivity contribution >= 4 is 22.7 Å². The summed E-state index contributed by atoms with van der Waals surface area (Å²) >= 11 is 0. The van der Waals surface area contributed by atoms with E-state index in [0.717, 1.165) is 46.8 Å². The van der Waals surface area contributed by atoms with Crippen LogP contribution in [0.4, 0.5) is 10.2 Å². The number of hydrogen-bond acceptors (Lipinski definition) is 3. The normalized spacial score (nSPS) is 11.6. The molecular weight excluding hydrogens is 343 g/mol. The van der Waals surface area contributed by atoms with E-state index in [2.05, 4.69) is 25.6 Å². The highest BCUT2D eigenvalue weighted by Crippen LogP contribution is 2.19. The predicted octanol–water partition coefficient (Wildman–Crippen LogP) is 2.68. The highest BCUT2D eigenvalue weighted by atomic mass is 19.1. The van der Waals surface area contributed by atoms with Crippen molar-refractivity contribution in [3.63, 3.8) is 0 Å². The van der Waals surface area contributed by atoms with Gasteiger partial charge in [-0.1, -0.05) is 0 Å². The van der Waals surface area contributed by atoms with Crippen LogP contribution in [0.2, 0.25) is 0 Å². The molecule has 0 saturated heterocycles. The van der Waals surface area contributed by atoms with Gasteiger partial charge in [-0.2, -0.15) is 0 Å². The number of aliphatic imine (C=N–C) groups is 1. The van der Waals surface area contributed by atoms with Gasteiger partial charge < -0.3 is 20.5 Å². The molecule has 2 heterocycles. The smallest absolute Gasteiger partial charge is 0.191 e. The number of guanidine groups is 1. The molecule has 0 spiro atoms. The molecule has 0 saturated carbocycles. The van der Waals surface area contributed by atoms with Crippen LogP contribution < -0.4 is 15.5 Å². The summed E-state index contributed by atoms with van der Waals surface area (Å²) in [6.07, 6.45) is 4.55. The second-order valence-corrected chi connectivity index (χ2v) is 6.52. The van der Waals surface area contributed by atoms with Crippen LogP contribution in [0.25, 0.3) is 10.9 Å². The number of halogens is 1. The standard InChI is InChI=1S/C20H25FN6/c1-22-20(26-12-14-6-8-23-19(10-14)27(2)3)24-9-7-15-13-25-18-11-16(21)4-5-17(15)18/h4-6,8,10-11,13,25H,7,9,12H2,1-3H3,(H2,22,24,26). The molecule has 0 bridgehead atoms. The number of fused-ring (bicyclic) bond motifs is 1. The van der Waals surface area contributed by atoms with Crippen molar-refractivity contribution in [1.29, 1.82) is 0 Å². The molecule has 1 aromatic carbocycles. The Morgan fingerprint density at radius 3 is 2.85 bits per heavy atom. The lowest BCUT2D eigenvalue weighted by Gasteiger charge is -2.14. The lowest BCUT2D eigenvalue weighted by atomic mass is 10.1. The molecule has 0 fully saturated rings. The Hall–Kier alpha value is -3.09. The zero-order valence-corrected chi connectivity index (χ0v) is 15.9. The van der Waals surface area contributed by atoms with Crippen LogP contribution in [0.15, 0.2) is 47.7 Å². The highest BCUT2D eigenvalue weighted by molar-refractivity contribution is 5.83. The molecule has 3 N–H and O–H groups in total. The minimum Gasteiger partial charge on any atom is -0.363 e. The van der Waals surface area contributed by atoms with Crippen molar-refractivity contribution in [2.24, 2.45) is 4.99 Å². The summed E-state index contributed by atoms with van der Waals surface area (Å²) in [6, 6.07) is 8.85. The lowest BCUT2D eigenvalue weighted by Crippen LogP contribution is -2.37. The fourth-order valence-corrected chi connectivity index (χ4v) is 2.90. The fraction of sp³-hybridized carbons (Fsp3) is 0.300. The van der Waals surface area contributed by atoms with E-state index in [1.165, 1.54) is 12.1 Å². The first kappa shape index (κ1) is 18.7. The van der Waals surface area contributed by atoms with Crippen molar-refractivity contribution in [2.45, 2.75) is 13.0 Å². The average molecular weight is 368 g/mol. The molecule has 0 aliphatic carbocycles. The van der Waals surface area contributed by atoms with Crippen molar-refractivity contribution in [3.8, 4) is 0 Å². The number of pyridine rings is 1. The molecule has 7 heteroatoms. The van der Waals surface area contributed by atoms with Gasteiger partial charge in [-0.25, -0.2) is 9.37 Å². The SMILES string of the molecule is CN=C(NCCc1c[nH]c2cc(F)ccc12)NCc1ccnc(N(C)C)c1. The first-order valence-electron chi connectivity index (χ1n) is 8.89. The van der Waals surface area contributed by atoms with E-state index in [-0.39, 0.29) is 5.82 Å². The second-order valence-electron chi connectivity index (χ2n) is 6.52. The topological polar surface area (TPSA) is 68.3 Å². The number of hydrogen-bond donors (Lipinski definition) is 3. The Morgan fingerprint density at radius 2 is 2.07 bits per heavy atom. The highest BCUT2D eigenvalue weighted by Gasteiger charge is 2.06. The van der Waals surface area contributed by atoms with Gasteiger partial charge in [0, 0.05) is 57.5 Å². The number of anilines is 1. The molecule has 0 radical (unpaired) electrons. The maximum absolute atomic E-state index is 13.3. The van der Waals surface area contributed by atoms with E-state index in [1.807, 2.05) is 49.6 Å². The largest absolute Gasteiger partial charge is 0.363 e. The number of nitrogens with one attached hydrogen (secondary N) is 3. The van der Waals surface area contributed by atoms with Gasteiger partial charge in [0.25, 0.3) is 0 Å². The molecule has 6 nitrogen and oxygen atoms in total. The molecule has 3 aromatic rings. The van der Waals surface area contributed by atoms with E-state index < -0.39 is 0 Å². The van der Waals surface area contributed by atoms with Crippen LogP contribution in [0, 0.1) is 5.82 Å². The third-order valence-electron chi connectivity index (χ3n) is 4.37. The van der Waals surface area contributed by atoms with E-state index in [9.17, 15) is 4.39 Å². The Kier molecular flexibility index (Phi) is 5.90. The van der Waals surface area contributed by atoms with Crippen LogP contribution in [0.5, 0.6) is 0 Å². The number of aromatic nitrogens is 2. The molecule has 142 valence electrons. The molecule has 3 rings (SSSR count). The maximum atomic E-state index is 13.3. The van der Waals surface area contributed by atoms with Crippen LogP contribution in [0.1, 0.15) is 11.1 Å². The Labute approximate surface area is 158 Å². The monoisotopic (exact) mass is 368 g/mol. The van der Waals surface area contributed by atoms with Crippen molar-refractivity contribution in [3.05, 3.63) is 59.7 Å². The van der Waals surface area contributed by atoms with Crippen LogP contribution in [-0.2, 0) is 13.0 Å². The quantitative estimate of drug-likeness (QED) is 0.462. The maximum Gasteiger partial charge on any atom is 0.191 e. The zero-order valence-electron chi connectivity index (χ0n) is 15.9. The fourth-order valence-electron chi connectivity index (χ4n) is 2.90. The number of aromatic amines is 1. The average Bonchev–Trinajstić information content (AvgIpc) is 3.06. The second kappa shape index (κ2) is 8.53. The minimum atomic E-state index is -0.229. The zero-order chi connectivity index (χ0) is 19.2. The summed E-state index contributed by atoms with van der Waals surface area (Å²) in [5.41, 5.74) is 3.11. The Morgan fingerprint density at radius 1 is 1.22 bits per heavy atom. The molecule has 0 atom stereocenters. The van der Waals surface area contributed by atoms with E-state index in [0.29, 0.717) is 6.54 Å². The molecule has 0 unspecified atom stereocenters. The lowest BCUT2D eigenvalue weighted by molar-refractivity contribution is 0.629. The van der Waals surface area contributed by atoms with E-state index in [4.69, 9.17) is 0 Å². The number of rotatable bonds is 6. The summed E-state index contributed by atoms with van der Waals surface area (Å²) in [4.78, 5) is 13.7. The van der Waals surface area contributed by atoms with Crippen molar-refractivity contribution in [2.75, 3.05) is 32.6 Å². The molecule has 27 heavy (non-hydrogen) atoms. The number of H-pyrrole nitrogens is 1. The van der Waals surface area contributed by atoms with Gasteiger partial charge in [0.2, 0.25) is 0 Å². The molecule has 0 amide bonds. The molecule has 0 aliphatic rings. The number of benzene rings is 1. The third-order valence-corrected chi connectivity index (χ3v) is 4.37. The van der Waals surface area contributed by atoms with Gasteiger partial charge in [-0.05, 0) is 47.9 Å². The predicted molar refractivity (Wildman–Crippen MR) is 109 cm³/mol. The van der Waals surface area contributed by atoms with Gasteiger partial charge in [-0.15, -0.1) is 0 Å². The molecule has 2 aromatic heterocycles. The van der Waals surface area contributed by atoms with Gasteiger partial charge in [0.05, 0.1) is 0 Å². The molecular formula is C20H25FN6. The summed E-state index contributed by atoms with van der Waals surface area (Å²) in [7, 11) is 5.69. The van der Waals surface area contributed by atoms with Gasteiger partial charge in [0.1, 0.15) is 11.6 Å². The first-order chi connectivity index (χ1) is 13.1. The van der Waals surface area contributed by atoms with Crippen LogP contribution in [0.3, 0.4) is 0 Å². The Balaban J connectivity index is 1.52. The van der Waals surface area contributed by atoms with Crippen LogP contribution >= 0.6 is 0 Å². The van der Waals surface area contributed by atoms with Crippen molar-refractivity contribution < 1.29 is 4.39 Å². The third kappa shape index (κ3) is 4.75. The van der Waals surface area contributed by atoms with Gasteiger partial charge in [0.15, 0.2) is 5.96 Å². The summed E-state index contributed by atoms with van der Waals surface area (Å²) in [6.45, 7) is 1.39. The minimum absolute atomic E-state index is 0.229. The van der Waals surface area contributed by atoms with Crippen LogP contribution in [-0.4, -0.2) is 43.6 Å². The summed E-state index contributed by atoms with van der Waals surface area (Å²) in [5, 5.41) is 7.68. The Bertz CT molecular complexity index is 931. The van der Waals surface area contributed by atoms with Crippen molar-refractivity contribution in [1.82, 2.24) is 20.6 Å². The van der Waals surface area contributed by atoms with Gasteiger partial charge >= 0.3 is 0 Å². The van der Waals surface area contributed by atoms with Gasteiger partial charge in [-0.3, -0.25) is 4.99 Å². The summed E-state index contributed by atoms with van der Waals surface area (Å²) in [5.74, 6) is 1.43.